The van der Waals surface area contributed by atoms with E-state index in [0.29, 0.717) is 11.3 Å². The van der Waals surface area contributed by atoms with E-state index in [0.717, 1.165) is 27.6 Å². The van der Waals surface area contributed by atoms with E-state index in [1.165, 1.54) is 5.56 Å². The van der Waals surface area contributed by atoms with Crippen LogP contribution in [0.1, 0.15) is 32.9 Å². The van der Waals surface area contributed by atoms with E-state index in [-0.39, 0.29) is 5.91 Å². The monoisotopic (exact) mass is 352 g/mol. The van der Waals surface area contributed by atoms with Crippen molar-refractivity contribution in [2.45, 2.75) is 31.4 Å². The van der Waals surface area contributed by atoms with Gasteiger partial charge in [-0.15, -0.1) is 11.8 Å². The van der Waals surface area contributed by atoms with Gasteiger partial charge in [0.2, 0.25) is 0 Å². The molecular weight excluding hydrogens is 332 g/mol. The molecule has 0 unspecified atom stereocenters. The standard InChI is InChI=1S/C20H20N2O2S/c1-13-8-9-16(10-14(13)2)21-20(23)18-6-4-5-7-19(18)25-12-17-11-15(3)22-24-17/h4-11H,12H2,1-3H3,(H,21,23). The molecule has 1 heterocycles. The van der Waals surface area contributed by atoms with Gasteiger partial charge in [-0.3, -0.25) is 4.79 Å². The lowest BCUT2D eigenvalue weighted by Crippen LogP contribution is -2.13. The number of nitrogens with one attached hydrogen (secondary N) is 1. The molecular formula is C20H20N2O2S. The van der Waals surface area contributed by atoms with Crippen LogP contribution in [0.15, 0.2) is 57.9 Å². The predicted octanol–water partition coefficient (Wildman–Crippen LogP) is 5.14. The predicted molar refractivity (Wildman–Crippen MR) is 101 cm³/mol. The molecule has 0 aliphatic rings. The highest BCUT2D eigenvalue weighted by molar-refractivity contribution is 7.98. The first-order chi connectivity index (χ1) is 12.0. The molecule has 1 aromatic heterocycles. The Hall–Kier alpha value is -2.53. The molecule has 0 bridgehead atoms. The number of carbonyl (C=O) groups is 1. The number of carbonyl (C=O) groups excluding carboxylic acids is 1. The van der Waals surface area contributed by atoms with Crippen molar-refractivity contribution in [3.05, 3.63) is 76.7 Å². The molecule has 1 amide bonds. The van der Waals surface area contributed by atoms with Gasteiger partial charge in [0.1, 0.15) is 5.76 Å². The quantitative estimate of drug-likeness (QED) is 0.646. The van der Waals surface area contributed by atoms with Crippen LogP contribution in [-0.2, 0) is 5.75 Å². The van der Waals surface area contributed by atoms with Crippen LogP contribution in [0.25, 0.3) is 0 Å². The van der Waals surface area contributed by atoms with Crippen LogP contribution in [0.2, 0.25) is 0 Å². The second-order valence-corrected chi connectivity index (χ2v) is 6.99. The maximum Gasteiger partial charge on any atom is 0.256 e. The molecule has 0 fully saturated rings. The van der Waals surface area contributed by atoms with Crippen LogP contribution in [-0.4, -0.2) is 11.1 Å². The van der Waals surface area contributed by atoms with Crippen molar-refractivity contribution in [3.63, 3.8) is 0 Å². The first kappa shape index (κ1) is 17.3. The molecule has 1 N–H and O–H groups in total. The summed E-state index contributed by atoms with van der Waals surface area (Å²) in [5, 5.41) is 6.87. The van der Waals surface area contributed by atoms with Gasteiger partial charge in [0.25, 0.3) is 5.91 Å². The summed E-state index contributed by atoms with van der Waals surface area (Å²) in [6.45, 7) is 5.98. The highest BCUT2D eigenvalue weighted by atomic mass is 32.2. The Bertz CT molecular complexity index is 902. The van der Waals surface area contributed by atoms with E-state index < -0.39 is 0 Å². The molecule has 0 atom stereocenters. The van der Waals surface area contributed by atoms with Crippen molar-refractivity contribution in [3.8, 4) is 0 Å². The molecule has 3 rings (SSSR count). The van der Waals surface area contributed by atoms with Crippen LogP contribution in [0.4, 0.5) is 5.69 Å². The number of nitrogens with zero attached hydrogens (tertiary/aromatic N) is 1. The Balaban J connectivity index is 1.74. The first-order valence-electron chi connectivity index (χ1n) is 8.05. The Kier molecular flexibility index (Phi) is 5.24. The molecule has 0 aliphatic carbocycles. The lowest BCUT2D eigenvalue weighted by atomic mass is 10.1. The van der Waals surface area contributed by atoms with Crippen LogP contribution in [0.3, 0.4) is 0 Å². The second kappa shape index (κ2) is 7.57. The molecule has 0 spiro atoms. The van der Waals surface area contributed by atoms with E-state index >= 15 is 0 Å². The molecule has 0 saturated carbocycles. The van der Waals surface area contributed by atoms with E-state index in [1.807, 2.05) is 62.4 Å². The van der Waals surface area contributed by atoms with Gasteiger partial charge in [-0.1, -0.05) is 23.4 Å². The molecule has 3 aromatic rings. The topological polar surface area (TPSA) is 55.1 Å². The van der Waals surface area contributed by atoms with Crippen molar-refractivity contribution in [2.24, 2.45) is 0 Å². The van der Waals surface area contributed by atoms with Crippen LogP contribution in [0, 0.1) is 20.8 Å². The van der Waals surface area contributed by atoms with Gasteiger partial charge < -0.3 is 9.84 Å². The van der Waals surface area contributed by atoms with Gasteiger partial charge in [0.05, 0.1) is 17.0 Å². The minimum absolute atomic E-state index is 0.111. The SMILES string of the molecule is Cc1cc(CSc2ccccc2C(=O)Nc2ccc(C)c(C)c2)on1. The molecule has 2 aromatic carbocycles. The summed E-state index contributed by atoms with van der Waals surface area (Å²) in [6, 6.07) is 15.4. The van der Waals surface area contributed by atoms with Crippen molar-refractivity contribution < 1.29 is 9.32 Å². The summed E-state index contributed by atoms with van der Waals surface area (Å²) in [7, 11) is 0. The molecule has 4 nitrogen and oxygen atoms in total. The third-order valence-electron chi connectivity index (χ3n) is 3.94. The number of aromatic nitrogens is 1. The van der Waals surface area contributed by atoms with Gasteiger partial charge in [-0.05, 0) is 56.2 Å². The summed E-state index contributed by atoms with van der Waals surface area (Å²) < 4.78 is 5.23. The largest absolute Gasteiger partial charge is 0.360 e. The Labute approximate surface area is 151 Å². The minimum atomic E-state index is -0.111. The maximum atomic E-state index is 12.7. The van der Waals surface area contributed by atoms with Gasteiger partial charge >= 0.3 is 0 Å². The summed E-state index contributed by atoms with van der Waals surface area (Å²) in [5.41, 5.74) is 4.68. The van der Waals surface area contributed by atoms with E-state index in [9.17, 15) is 4.79 Å². The summed E-state index contributed by atoms with van der Waals surface area (Å²) in [6.07, 6.45) is 0. The third kappa shape index (κ3) is 4.31. The van der Waals surface area contributed by atoms with Gasteiger partial charge in [-0.2, -0.15) is 0 Å². The summed E-state index contributed by atoms with van der Waals surface area (Å²) in [5.74, 6) is 1.32. The third-order valence-corrected chi connectivity index (χ3v) is 5.04. The summed E-state index contributed by atoms with van der Waals surface area (Å²) >= 11 is 1.56. The maximum absolute atomic E-state index is 12.7. The second-order valence-electron chi connectivity index (χ2n) is 5.97. The van der Waals surface area contributed by atoms with E-state index in [2.05, 4.69) is 17.4 Å². The zero-order chi connectivity index (χ0) is 17.8. The minimum Gasteiger partial charge on any atom is -0.360 e. The normalized spacial score (nSPS) is 10.7. The van der Waals surface area contributed by atoms with Crippen LogP contribution >= 0.6 is 11.8 Å². The fourth-order valence-electron chi connectivity index (χ4n) is 2.43. The lowest BCUT2D eigenvalue weighted by Gasteiger charge is -2.10. The van der Waals surface area contributed by atoms with E-state index in [4.69, 9.17) is 4.52 Å². The molecule has 0 saturated heterocycles. The molecule has 25 heavy (non-hydrogen) atoms. The van der Waals surface area contributed by atoms with Crippen LogP contribution in [0.5, 0.6) is 0 Å². The Morgan fingerprint density at radius 1 is 1.08 bits per heavy atom. The average Bonchev–Trinajstić information content (AvgIpc) is 3.02. The van der Waals surface area contributed by atoms with Crippen molar-refractivity contribution in [2.75, 3.05) is 5.32 Å². The Morgan fingerprint density at radius 3 is 2.60 bits per heavy atom. The summed E-state index contributed by atoms with van der Waals surface area (Å²) in [4.78, 5) is 13.6. The highest BCUT2D eigenvalue weighted by Crippen LogP contribution is 2.27. The molecule has 0 aliphatic heterocycles. The number of anilines is 1. The number of hydrogen-bond acceptors (Lipinski definition) is 4. The fourth-order valence-corrected chi connectivity index (χ4v) is 3.36. The number of thioether (sulfide) groups is 1. The zero-order valence-corrected chi connectivity index (χ0v) is 15.3. The highest BCUT2D eigenvalue weighted by Gasteiger charge is 2.13. The first-order valence-corrected chi connectivity index (χ1v) is 9.04. The smallest absolute Gasteiger partial charge is 0.256 e. The van der Waals surface area contributed by atoms with Crippen LogP contribution < -0.4 is 5.32 Å². The number of hydrogen-bond donors (Lipinski definition) is 1. The van der Waals surface area contributed by atoms with Gasteiger partial charge in [0, 0.05) is 16.6 Å². The average molecular weight is 352 g/mol. The van der Waals surface area contributed by atoms with Gasteiger partial charge in [0.15, 0.2) is 0 Å². The number of amides is 1. The van der Waals surface area contributed by atoms with E-state index in [1.54, 1.807) is 11.8 Å². The van der Waals surface area contributed by atoms with Crippen molar-refractivity contribution in [1.29, 1.82) is 0 Å². The molecule has 0 radical (unpaired) electrons. The zero-order valence-electron chi connectivity index (χ0n) is 14.5. The van der Waals surface area contributed by atoms with Crippen molar-refractivity contribution in [1.82, 2.24) is 5.16 Å². The van der Waals surface area contributed by atoms with Gasteiger partial charge in [-0.25, -0.2) is 0 Å². The number of aryl methyl sites for hydroxylation is 3. The molecule has 5 heteroatoms. The number of benzene rings is 2. The van der Waals surface area contributed by atoms with Crippen molar-refractivity contribution >= 4 is 23.4 Å². The fraction of sp³-hybridized carbons (Fsp3) is 0.200. The lowest BCUT2D eigenvalue weighted by molar-refractivity contribution is 0.102. The number of rotatable bonds is 5. The Morgan fingerprint density at radius 2 is 1.88 bits per heavy atom. The molecule has 128 valence electrons.